The normalized spacial score (nSPS) is 12.9. The molecule has 0 radical (unpaired) electrons. The summed E-state index contributed by atoms with van der Waals surface area (Å²) in [6, 6.07) is 21.7. The minimum absolute atomic E-state index is 0.311. The lowest BCUT2D eigenvalue weighted by Crippen LogP contribution is -2.33. The van der Waals surface area contributed by atoms with Gasteiger partial charge < -0.3 is 4.74 Å². The highest BCUT2D eigenvalue weighted by Gasteiger charge is 2.15. The molecule has 0 bridgehead atoms. The van der Waals surface area contributed by atoms with Crippen molar-refractivity contribution >= 4 is 43.9 Å². The lowest BCUT2D eigenvalue weighted by molar-refractivity contribution is -0.127. The summed E-state index contributed by atoms with van der Waals surface area (Å²) in [7, 11) is 0. The van der Waals surface area contributed by atoms with Crippen LogP contribution in [-0.4, -0.2) is 22.7 Å². The number of carbonyl (C=O) groups excluding carboxylic acids is 1. The molecular weight excluding hydrogens is 370 g/mol. The van der Waals surface area contributed by atoms with E-state index in [4.69, 9.17) is 4.74 Å². The number of hydrazone groups is 1. The second-order valence-electron chi connectivity index (χ2n) is 6.43. The number of hydrogen-bond donors (Lipinski definition) is 1. The van der Waals surface area contributed by atoms with Crippen molar-refractivity contribution in [1.29, 1.82) is 0 Å². The van der Waals surface area contributed by atoms with Gasteiger partial charge in [0.05, 0.1) is 15.9 Å². The van der Waals surface area contributed by atoms with Crippen molar-refractivity contribution in [3.05, 3.63) is 71.7 Å². The molecule has 140 valence electrons. The van der Waals surface area contributed by atoms with Gasteiger partial charge in [0, 0.05) is 0 Å². The van der Waals surface area contributed by atoms with E-state index in [1.807, 2.05) is 73.7 Å². The molecule has 0 spiro atoms. The number of hydrogen-bond acceptors (Lipinski definition) is 5. The van der Waals surface area contributed by atoms with Crippen molar-refractivity contribution in [2.45, 2.75) is 20.0 Å². The molecule has 1 amide bonds. The number of thiazole rings is 1. The van der Waals surface area contributed by atoms with Crippen LogP contribution in [0.5, 0.6) is 5.75 Å². The number of nitrogens with zero attached hydrogens (tertiary/aromatic N) is 2. The summed E-state index contributed by atoms with van der Waals surface area (Å²) in [5.41, 5.74) is 4.16. The van der Waals surface area contributed by atoms with Crippen LogP contribution in [0, 0.1) is 0 Å². The summed E-state index contributed by atoms with van der Waals surface area (Å²) >= 11 is 1.54. The molecule has 3 aromatic carbocycles. The lowest BCUT2D eigenvalue weighted by Gasteiger charge is -2.13. The molecule has 1 aromatic heterocycles. The second kappa shape index (κ2) is 7.78. The maximum atomic E-state index is 12.4. The molecule has 4 aromatic rings. The first-order chi connectivity index (χ1) is 13.6. The van der Waals surface area contributed by atoms with Crippen LogP contribution in [0.15, 0.2) is 71.8 Å². The zero-order valence-electron chi connectivity index (χ0n) is 15.5. The average Bonchev–Trinajstić information content (AvgIpc) is 3.16. The molecule has 28 heavy (non-hydrogen) atoms. The molecule has 1 unspecified atom stereocenters. The number of rotatable bonds is 5. The maximum absolute atomic E-state index is 12.4. The number of amides is 1. The fourth-order valence-corrected chi connectivity index (χ4v) is 3.71. The minimum atomic E-state index is -0.673. The fraction of sp³-hybridized carbons (Fsp3) is 0.136. The topological polar surface area (TPSA) is 63.6 Å². The van der Waals surface area contributed by atoms with Gasteiger partial charge >= 0.3 is 0 Å². The summed E-state index contributed by atoms with van der Waals surface area (Å²) in [5.74, 6) is 0.335. The Bertz CT molecular complexity index is 1150. The van der Waals surface area contributed by atoms with E-state index in [1.165, 1.54) is 0 Å². The molecule has 0 saturated carbocycles. The van der Waals surface area contributed by atoms with Gasteiger partial charge in [-0.3, -0.25) is 4.79 Å². The SMILES string of the molecule is C/C(=N/NC(=O)C(C)Oc1ccc2ccccc2c1)c1nc2ccccc2s1. The van der Waals surface area contributed by atoms with Crippen molar-refractivity contribution in [3.8, 4) is 5.75 Å². The van der Waals surface area contributed by atoms with E-state index >= 15 is 0 Å². The Kier molecular flexibility index (Phi) is 5.04. The van der Waals surface area contributed by atoms with Crippen LogP contribution in [0.3, 0.4) is 0 Å². The van der Waals surface area contributed by atoms with Gasteiger partial charge in [0.15, 0.2) is 6.10 Å². The smallest absolute Gasteiger partial charge is 0.280 e. The molecule has 4 rings (SSSR count). The predicted octanol–water partition coefficient (Wildman–Crippen LogP) is 4.76. The van der Waals surface area contributed by atoms with Crippen molar-refractivity contribution in [3.63, 3.8) is 0 Å². The largest absolute Gasteiger partial charge is 0.481 e. The highest BCUT2D eigenvalue weighted by Crippen LogP contribution is 2.22. The Morgan fingerprint density at radius 1 is 1.07 bits per heavy atom. The van der Waals surface area contributed by atoms with E-state index in [2.05, 4.69) is 15.5 Å². The molecular formula is C22H19N3O2S. The first kappa shape index (κ1) is 18.1. The van der Waals surface area contributed by atoms with Gasteiger partial charge in [-0.2, -0.15) is 5.10 Å². The van der Waals surface area contributed by atoms with Crippen LogP contribution < -0.4 is 10.2 Å². The summed E-state index contributed by atoms with van der Waals surface area (Å²) < 4.78 is 6.87. The number of nitrogens with one attached hydrogen (secondary N) is 1. The third-order valence-electron chi connectivity index (χ3n) is 4.34. The van der Waals surface area contributed by atoms with E-state index in [-0.39, 0.29) is 5.91 Å². The molecule has 0 aliphatic heterocycles. The first-order valence-corrected chi connectivity index (χ1v) is 9.77. The van der Waals surface area contributed by atoms with Gasteiger partial charge in [-0.1, -0.05) is 42.5 Å². The summed E-state index contributed by atoms with van der Waals surface area (Å²) in [6.45, 7) is 3.53. The van der Waals surface area contributed by atoms with Crippen LogP contribution in [0.4, 0.5) is 0 Å². The van der Waals surface area contributed by atoms with Crippen molar-refractivity contribution in [2.75, 3.05) is 0 Å². The van der Waals surface area contributed by atoms with Gasteiger partial charge in [-0.25, -0.2) is 10.4 Å². The van der Waals surface area contributed by atoms with Gasteiger partial charge in [0.2, 0.25) is 0 Å². The number of aromatic nitrogens is 1. The molecule has 1 atom stereocenters. The van der Waals surface area contributed by atoms with E-state index in [0.29, 0.717) is 11.5 Å². The summed E-state index contributed by atoms with van der Waals surface area (Å²) in [5, 5.41) is 7.16. The second-order valence-corrected chi connectivity index (χ2v) is 7.46. The number of carbonyl (C=O) groups is 1. The fourth-order valence-electron chi connectivity index (χ4n) is 2.80. The van der Waals surface area contributed by atoms with Crippen molar-refractivity contribution in [2.24, 2.45) is 5.10 Å². The molecule has 5 nitrogen and oxygen atoms in total. The Hall–Kier alpha value is -3.25. The van der Waals surface area contributed by atoms with Gasteiger partial charge in [-0.05, 0) is 48.9 Å². The molecule has 0 saturated heterocycles. The third-order valence-corrected chi connectivity index (χ3v) is 5.49. The number of para-hydroxylation sites is 1. The Balaban J connectivity index is 1.42. The molecule has 0 fully saturated rings. The van der Waals surface area contributed by atoms with E-state index in [9.17, 15) is 4.79 Å². The third kappa shape index (κ3) is 3.87. The van der Waals surface area contributed by atoms with Crippen LogP contribution in [-0.2, 0) is 4.79 Å². The van der Waals surface area contributed by atoms with Crippen molar-refractivity contribution in [1.82, 2.24) is 10.4 Å². The Morgan fingerprint density at radius 2 is 1.82 bits per heavy atom. The number of ether oxygens (including phenoxy) is 1. The maximum Gasteiger partial charge on any atom is 0.280 e. The average molecular weight is 389 g/mol. The summed E-state index contributed by atoms with van der Waals surface area (Å²) in [6.07, 6.45) is -0.673. The van der Waals surface area contributed by atoms with E-state index in [1.54, 1.807) is 18.3 Å². The molecule has 0 aliphatic carbocycles. The van der Waals surface area contributed by atoms with E-state index in [0.717, 1.165) is 26.0 Å². The lowest BCUT2D eigenvalue weighted by atomic mass is 10.1. The predicted molar refractivity (Wildman–Crippen MR) is 114 cm³/mol. The van der Waals surface area contributed by atoms with Crippen LogP contribution in [0.25, 0.3) is 21.0 Å². The Morgan fingerprint density at radius 3 is 2.64 bits per heavy atom. The van der Waals surface area contributed by atoms with Crippen LogP contribution in [0.2, 0.25) is 0 Å². The van der Waals surface area contributed by atoms with Crippen LogP contribution >= 0.6 is 11.3 Å². The zero-order valence-corrected chi connectivity index (χ0v) is 16.4. The minimum Gasteiger partial charge on any atom is -0.481 e. The first-order valence-electron chi connectivity index (χ1n) is 8.96. The molecule has 6 heteroatoms. The number of benzene rings is 3. The molecule has 0 aliphatic rings. The summed E-state index contributed by atoms with van der Waals surface area (Å²) in [4.78, 5) is 16.9. The number of fused-ring (bicyclic) bond motifs is 2. The molecule has 1 heterocycles. The van der Waals surface area contributed by atoms with Crippen LogP contribution in [0.1, 0.15) is 18.9 Å². The monoisotopic (exact) mass is 389 g/mol. The highest BCUT2D eigenvalue weighted by molar-refractivity contribution is 7.20. The van der Waals surface area contributed by atoms with Gasteiger partial charge in [0.25, 0.3) is 5.91 Å². The zero-order chi connectivity index (χ0) is 19.5. The quantitative estimate of drug-likeness (QED) is 0.395. The highest BCUT2D eigenvalue weighted by atomic mass is 32.1. The standard InChI is InChI=1S/C22H19N3O2S/c1-14(22-23-19-9-5-6-10-20(19)28-22)24-25-21(26)15(2)27-18-12-11-16-7-3-4-8-17(16)13-18/h3-13,15H,1-2H3,(H,25,26)/b24-14-. The Labute approximate surface area is 166 Å². The van der Waals surface area contributed by atoms with E-state index < -0.39 is 6.10 Å². The van der Waals surface area contributed by atoms with Gasteiger partial charge in [0.1, 0.15) is 10.8 Å². The molecule has 1 N–H and O–H groups in total. The van der Waals surface area contributed by atoms with Gasteiger partial charge in [-0.15, -0.1) is 11.3 Å². The van der Waals surface area contributed by atoms with Crippen molar-refractivity contribution < 1.29 is 9.53 Å².